The van der Waals surface area contributed by atoms with Crippen LogP contribution >= 0.6 is 11.6 Å². The van der Waals surface area contributed by atoms with E-state index in [-0.39, 0.29) is 0 Å². The van der Waals surface area contributed by atoms with Gasteiger partial charge in [0.05, 0.1) is 7.11 Å². The Balaban J connectivity index is 2.70. The van der Waals surface area contributed by atoms with Gasteiger partial charge in [0.1, 0.15) is 5.75 Å². The van der Waals surface area contributed by atoms with Gasteiger partial charge < -0.3 is 9.64 Å². The minimum Gasteiger partial charge on any atom is -0.496 e. The number of hydrogen-bond acceptors (Lipinski definition) is 2. The number of likely N-dealkylation sites (N-methyl/N-ethyl adjacent to an activating group) is 1. The fourth-order valence-corrected chi connectivity index (χ4v) is 2.18. The molecule has 102 valence electrons. The summed E-state index contributed by atoms with van der Waals surface area (Å²) in [5, 5.41) is 0. The van der Waals surface area contributed by atoms with E-state index >= 15 is 0 Å². The summed E-state index contributed by atoms with van der Waals surface area (Å²) >= 11 is 5.73. The molecule has 0 unspecified atom stereocenters. The maximum Gasteiger partial charge on any atom is 0.122 e. The first-order valence-electron chi connectivity index (χ1n) is 6.49. The number of halogens is 1. The molecule has 0 radical (unpaired) electrons. The van der Waals surface area contributed by atoms with Crippen molar-refractivity contribution in [3.8, 4) is 5.75 Å². The Bertz CT molecular complexity index is 366. The van der Waals surface area contributed by atoms with Gasteiger partial charge in [0.25, 0.3) is 0 Å². The third-order valence-electron chi connectivity index (χ3n) is 3.21. The fourth-order valence-electron chi connectivity index (χ4n) is 1.89. The van der Waals surface area contributed by atoms with Gasteiger partial charge >= 0.3 is 0 Å². The van der Waals surface area contributed by atoms with Gasteiger partial charge in [-0.05, 0) is 36.6 Å². The quantitative estimate of drug-likeness (QED) is 0.702. The molecule has 0 N–H and O–H groups in total. The van der Waals surface area contributed by atoms with Gasteiger partial charge in [0, 0.05) is 19.0 Å². The molecule has 3 heteroatoms. The third-order valence-corrected chi connectivity index (χ3v) is 3.38. The Hall–Kier alpha value is -0.730. The number of nitrogens with zero attached hydrogens (tertiary/aromatic N) is 1. The molecule has 0 atom stereocenters. The Labute approximate surface area is 116 Å². The van der Waals surface area contributed by atoms with Gasteiger partial charge in [-0.3, -0.25) is 0 Å². The first-order valence-corrected chi connectivity index (χ1v) is 7.03. The van der Waals surface area contributed by atoms with E-state index in [2.05, 4.69) is 44.0 Å². The van der Waals surface area contributed by atoms with E-state index in [0.29, 0.717) is 11.8 Å². The summed E-state index contributed by atoms with van der Waals surface area (Å²) in [6.45, 7) is 6.32. The molecule has 2 nitrogen and oxygen atoms in total. The van der Waals surface area contributed by atoms with Crippen molar-refractivity contribution in [1.29, 1.82) is 0 Å². The average molecular weight is 270 g/mol. The molecule has 0 saturated heterocycles. The minimum atomic E-state index is 0.534. The summed E-state index contributed by atoms with van der Waals surface area (Å²) in [5.74, 6) is 2.22. The van der Waals surface area contributed by atoms with Crippen molar-refractivity contribution in [3.63, 3.8) is 0 Å². The van der Waals surface area contributed by atoms with Crippen LogP contribution in [0.1, 0.15) is 30.9 Å². The first-order chi connectivity index (χ1) is 8.58. The normalized spacial score (nSPS) is 11.3. The Morgan fingerprint density at radius 3 is 2.56 bits per heavy atom. The minimum absolute atomic E-state index is 0.534. The molecule has 0 aliphatic heterocycles. The van der Waals surface area contributed by atoms with E-state index < -0.39 is 0 Å². The second-order valence-electron chi connectivity index (χ2n) is 4.97. The second kappa shape index (κ2) is 7.65. The van der Waals surface area contributed by atoms with Crippen LogP contribution in [0.25, 0.3) is 0 Å². The Morgan fingerprint density at radius 1 is 1.28 bits per heavy atom. The van der Waals surface area contributed by atoms with Crippen molar-refractivity contribution in [2.45, 2.75) is 26.2 Å². The van der Waals surface area contributed by atoms with Gasteiger partial charge in [0.2, 0.25) is 0 Å². The lowest BCUT2D eigenvalue weighted by Gasteiger charge is -2.17. The predicted molar refractivity (Wildman–Crippen MR) is 79.0 cm³/mol. The van der Waals surface area contributed by atoms with Crippen LogP contribution in [0.4, 0.5) is 0 Å². The highest BCUT2D eigenvalue weighted by atomic mass is 35.5. The van der Waals surface area contributed by atoms with Crippen molar-refractivity contribution in [2.24, 2.45) is 0 Å². The molecular weight excluding hydrogens is 246 g/mol. The van der Waals surface area contributed by atoms with Crippen molar-refractivity contribution in [1.82, 2.24) is 4.90 Å². The molecule has 1 rings (SSSR count). The van der Waals surface area contributed by atoms with E-state index in [1.54, 1.807) is 7.11 Å². The highest BCUT2D eigenvalue weighted by Gasteiger charge is 2.07. The highest BCUT2D eigenvalue weighted by Crippen LogP contribution is 2.25. The second-order valence-corrected chi connectivity index (χ2v) is 5.35. The summed E-state index contributed by atoms with van der Waals surface area (Å²) in [6.07, 6.45) is 0.995. The van der Waals surface area contributed by atoms with Crippen LogP contribution in [0.2, 0.25) is 0 Å². The molecule has 0 aliphatic carbocycles. The molecule has 0 spiro atoms. The monoisotopic (exact) mass is 269 g/mol. The van der Waals surface area contributed by atoms with Crippen molar-refractivity contribution >= 4 is 11.6 Å². The van der Waals surface area contributed by atoms with Crippen molar-refractivity contribution in [3.05, 3.63) is 29.3 Å². The van der Waals surface area contributed by atoms with Crippen LogP contribution in [0, 0.1) is 0 Å². The van der Waals surface area contributed by atoms with Gasteiger partial charge in [-0.1, -0.05) is 26.0 Å². The predicted octanol–water partition coefficient (Wildman–Crippen LogP) is 3.53. The number of alkyl halides is 1. The first kappa shape index (κ1) is 15.3. The largest absolute Gasteiger partial charge is 0.496 e. The topological polar surface area (TPSA) is 12.5 Å². The molecule has 0 saturated carbocycles. The van der Waals surface area contributed by atoms with Gasteiger partial charge in [-0.15, -0.1) is 11.6 Å². The third kappa shape index (κ3) is 4.51. The van der Waals surface area contributed by atoms with E-state index in [4.69, 9.17) is 16.3 Å². The zero-order valence-electron chi connectivity index (χ0n) is 11.9. The van der Waals surface area contributed by atoms with Crippen molar-refractivity contribution in [2.75, 3.05) is 33.1 Å². The summed E-state index contributed by atoms with van der Waals surface area (Å²) < 4.78 is 5.48. The smallest absolute Gasteiger partial charge is 0.122 e. The summed E-state index contributed by atoms with van der Waals surface area (Å²) in [4.78, 5) is 2.24. The van der Waals surface area contributed by atoms with Crippen LogP contribution in [-0.2, 0) is 6.42 Å². The maximum absolute atomic E-state index is 5.73. The van der Waals surface area contributed by atoms with Crippen molar-refractivity contribution < 1.29 is 4.74 Å². The number of rotatable bonds is 7. The lowest BCUT2D eigenvalue weighted by atomic mass is 10.00. The highest BCUT2D eigenvalue weighted by molar-refractivity contribution is 6.18. The molecule has 0 aliphatic rings. The van der Waals surface area contributed by atoms with Crippen LogP contribution in [0.3, 0.4) is 0 Å². The summed E-state index contributed by atoms with van der Waals surface area (Å²) in [7, 11) is 3.84. The number of hydrogen-bond donors (Lipinski definition) is 0. The summed E-state index contributed by atoms with van der Waals surface area (Å²) in [5.41, 5.74) is 2.59. The lowest BCUT2D eigenvalue weighted by molar-refractivity contribution is 0.354. The summed E-state index contributed by atoms with van der Waals surface area (Å²) in [6, 6.07) is 6.54. The molecule has 18 heavy (non-hydrogen) atoms. The molecule has 1 aromatic carbocycles. The molecule has 0 fully saturated rings. The zero-order valence-corrected chi connectivity index (χ0v) is 12.6. The molecule has 0 amide bonds. The average Bonchev–Trinajstić information content (AvgIpc) is 2.36. The van der Waals surface area contributed by atoms with Crippen LogP contribution in [-0.4, -0.2) is 38.0 Å². The standard InChI is InChI=1S/C15H24ClNO/c1-12(2)14-6-5-13(15(11-14)18-4)7-9-17(3)10-8-16/h5-6,11-12H,7-10H2,1-4H3. The van der Waals surface area contributed by atoms with Crippen LogP contribution < -0.4 is 4.74 Å². The molecular formula is C15H24ClNO. The molecule has 1 aromatic rings. The molecule has 0 heterocycles. The lowest BCUT2D eigenvalue weighted by Crippen LogP contribution is -2.23. The Morgan fingerprint density at radius 2 is 2.00 bits per heavy atom. The van der Waals surface area contributed by atoms with Gasteiger partial charge in [0.15, 0.2) is 0 Å². The number of benzene rings is 1. The maximum atomic E-state index is 5.73. The zero-order chi connectivity index (χ0) is 13.5. The molecule has 0 aromatic heterocycles. The fraction of sp³-hybridized carbons (Fsp3) is 0.600. The van der Waals surface area contributed by atoms with E-state index in [1.807, 2.05) is 0 Å². The molecule has 0 bridgehead atoms. The van der Waals surface area contributed by atoms with Crippen LogP contribution in [0.5, 0.6) is 5.75 Å². The van der Waals surface area contributed by atoms with E-state index in [0.717, 1.165) is 25.3 Å². The van der Waals surface area contributed by atoms with E-state index in [9.17, 15) is 0 Å². The number of ether oxygens (including phenoxy) is 1. The van der Waals surface area contributed by atoms with Gasteiger partial charge in [-0.2, -0.15) is 0 Å². The Kier molecular flexibility index (Phi) is 6.51. The van der Waals surface area contributed by atoms with E-state index in [1.165, 1.54) is 11.1 Å². The SMILES string of the molecule is COc1cc(C(C)C)ccc1CCN(C)CCCl. The van der Waals surface area contributed by atoms with Gasteiger partial charge in [-0.25, -0.2) is 0 Å². The van der Waals surface area contributed by atoms with Crippen LogP contribution in [0.15, 0.2) is 18.2 Å². The number of methoxy groups -OCH3 is 1.